The van der Waals surface area contributed by atoms with Crippen molar-refractivity contribution in [3.8, 4) is 0 Å². The molecule has 4 heteroatoms. The topological polar surface area (TPSA) is 35.5 Å². The smallest absolute Gasteiger partial charge is 0.133 e. The molecular formula is C5H9INO2-. The Labute approximate surface area is 68.3 Å². The Morgan fingerprint density at radius 2 is 2.33 bits per heavy atom. The number of halogens is 1. The van der Waals surface area contributed by atoms with Crippen LogP contribution in [-0.4, -0.2) is 9.34 Å². The van der Waals surface area contributed by atoms with Gasteiger partial charge in [0.15, 0.2) is 0 Å². The number of hydrogen-bond donors (Lipinski definition) is 0. The van der Waals surface area contributed by atoms with Crippen LogP contribution in [0.25, 0.3) is 0 Å². The van der Waals surface area contributed by atoms with Crippen molar-refractivity contribution in [2.24, 2.45) is 0 Å². The molecule has 0 fully saturated rings. The van der Waals surface area contributed by atoms with E-state index in [0.29, 0.717) is 10.9 Å². The zero-order valence-corrected chi connectivity index (χ0v) is 7.58. The van der Waals surface area contributed by atoms with Crippen LogP contribution in [0.1, 0.15) is 13.8 Å². The van der Waals surface area contributed by atoms with Gasteiger partial charge >= 0.3 is 0 Å². The predicted octanol–water partition coefficient (Wildman–Crippen LogP) is 2.03. The van der Waals surface area contributed by atoms with E-state index >= 15 is 0 Å². The molecule has 0 aromatic heterocycles. The van der Waals surface area contributed by atoms with Crippen LogP contribution in [0, 0.1) is 5.21 Å². The van der Waals surface area contributed by atoms with Gasteiger partial charge in [-0.05, 0) is 36.4 Å². The quantitative estimate of drug-likeness (QED) is 0.431. The van der Waals surface area contributed by atoms with Crippen LogP contribution in [0.3, 0.4) is 0 Å². The first kappa shape index (κ1) is 9.19. The van der Waals surface area contributed by atoms with Gasteiger partial charge in [-0.1, -0.05) is 6.58 Å². The Morgan fingerprint density at radius 3 is 2.44 bits per heavy atom. The molecule has 0 aliphatic heterocycles. The van der Waals surface area contributed by atoms with Gasteiger partial charge < -0.3 is 10.4 Å². The summed E-state index contributed by atoms with van der Waals surface area (Å²) in [7, 11) is 0. The average molecular weight is 242 g/mol. The summed E-state index contributed by atoms with van der Waals surface area (Å²) < 4.78 is -0.114. The van der Waals surface area contributed by atoms with Crippen molar-refractivity contribution in [3.05, 3.63) is 17.5 Å². The van der Waals surface area contributed by atoms with Gasteiger partial charge in [0.2, 0.25) is 0 Å². The van der Waals surface area contributed by atoms with Crippen LogP contribution in [0.5, 0.6) is 0 Å². The van der Waals surface area contributed by atoms with Crippen LogP contribution in [-0.2, 0) is 4.84 Å². The zero-order valence-electron chi connectivity index (χ0n) is 5.43. The molecular weight excluding hydrogens is 233 g/mol. The van der Waals surface area contributed by atoms with E-state index in [1.807, 2.05) is 22.6 Å². The first-order chi connectivity index (χ1) is 4.04. The summed E-state index contributed by atoms with van der Waals surface area (Å²) in [4.78, 5) is 4.68. The lowest BCUT2D eigenvalue weighted by Crippen LogP contribution is -2.16. The van der Waals surface area contributed by atoms with E-state index in [-0.39, 0.29) is 4.11 Å². The molecule has 3 nitrogen and oxygen atoms in total. The Balaban J connectivity index is 3.50. The van der Waals surface area contributed by atoms with Gasteiger partial charge in [-0.2, -0.15) is 0 Å². The van der Waals surface area contributed by atoms with Gasteiger partial charge in [-0.25, -0.2) is 0 Å². The molecule has 54 valence electrons. The first-order valence-electron chi connectivity index (χ1n) is 2.47. The molecule has 0 aliphatic rings. The monoisotopic (exact) mass is 242 g/mol. The van der Waals surface area contributed by atoms with Crippen molar-refractivity contribution in [2.75, 3.05) is 0 Å². The summed E-state index contributed by atoms with van der Waals surface area (Å²) >= 11 is 1.99. The fourth-order valence-electron chi connectivity index (χ4n) is 0.222. The fourth-order valence-corrected chi connectivity index (χ4v) is 0.428. The highest BCUT2D eigenvalue weighted by atomic mass is 127. The third kappa shape index (κ3) is 4.68. The lowest BCUT2D eigenvalue weighted by molar-refractivity contribution is -0.0936. The summed E-state index contributed by atoms with van der Waals surface area (Å²) in [5.41, 5.74) is 0.360. The number of allylic oxidation sites excluding steroid dienone is 1. The molecule has 0 rings (SSSR count). The number of hydrogen-bond acceptors (Lipinski definition) is 3. The van der Waals surface area contributed by atoms with Gasteiger partial charge in [0, 0.05) is 5.70 Å². The molecule has 1 atom stereocenters. The van der Waals surface area contributed by atoms with E-state index in [1.165, 1.54) is 0 Å². The second-order valence-electron chi connectivity index (χ2n) is 1.64. The number of rotatable bonds is 3. The average Bonchev–Trinajstić information content (AvgIpc) is 1.63. The third-order valence-electron chi connectivity index (χ3n) is 0.553. The second kappa shape index (κ2) is 4.08. The molecule has 0 heterocycles. The molecule has 0 radical (unpaired) electrons. The summed E-state index contributed by atoms with van der Waals surface area (Å²) in [6, 6.07) is 0. The van der Waals surface area contributed by atoms with Gasteiger partial charge in [-0.3, -0.25) is 4.84 Å². The highest BCUT2D eigenvalue weighted by Crippen LogP contribution is 2.07. The van der Waals surface area contributed by atoms with Gasteiger partial charge in [0.05, 0.1) is 0 Å². The van der Waals surface area contributed by atoms with Gasteiger partial charge in [0.25, 0.3) is 0 Å². The minimum Gasteiger partial charge on any atom is -0.734 e. The molecule has 0 aromatic rings. The molecule has 0 N–H and O–H groups in total. The van der Waals surface area contributed by atoms with E-state index in [4.69, 9.17) is 0 Å². The molecule has 9 heavy (non-hydrogen) atoms. The van der Waals surface area contributed by atoms with Crippen LogP contribution >= 0.6 is 22.6 Å². The van der Waals surface area contributed by atoms with Crippen molar-refractivity contribution in [3.63, 3.8) is 0 Å². The SMILES string of the molecule is C=C(C)N([O-])OC(C)I. The van der Waals surface area contributed by atoms with Crippen LogP contribution in [0.2, 0.25) is 0 Å². The summed E-state index contributed by atoms with van der Waals surface area (Å²) in [5.74, 6) is 0. The predicted molar refractivity (Wildman–Crippen MR) is 44.6 cm³/mol. The highest BCUT2D eigenvalue weighted by Gasteiger charge is 1.95. The molecule has 0 bridgehead atoms. The normalized spacial score (nSPS) is 12.9. The maximum atomic E-state index is 10.5. The van der Waals surface area contributed by atoms with E-state index < -0.39 is 0 Å². The van der Waals surface area contributed by atoms with Gasteiger partial charge in [0.1, 0.15) is 4.11 Å². The Kier molecular flexibility index (Phi) is 4.16. The largest absolute Gasteiger partial charge is 0.734 e. The Bertz CT molecular complexity index is 105. The minimum absolute atomic E-state index is 0.114. The highest BCUT2D eigenvalue weighted by molar-refractivity contribution is 14.1. The molecule has 0 aromatic carbocycles. The number of nitrogens with zero attached hydrogens (tertiary/aromatic N) is 1. The maximum absolute atomic E-state index is 10.5. The van der Waals surface area contributed by atoms with Crippen LogP contribution in [0.4, 0.5) is 0 Å². The molecule has 0 amide bonds. The van der Waals surface area contributed by atoms with E-state index in [2.05, 4.69) is 11.4 Å². The van der Waals surface area contributed by atoms with Crippen molar-refractivity contribution < 1.29 is 4.84 Å². The standard InChI is InChI=1S/C5H9INO2/c1-4(2)7(8)9-5(3)6/h5H,1H2,2-3H3/q-1. The zero-order chi connectivity index (χ0) is 7.44. The molecule has 0 spiro atoms. The molecule has 0 saturated carbocycles. The van der Waals surface area contributed by atoms with E-state index in [9.17, 15) is 5.21 Å². The van der Waals surface area contributed by atoms with Crippen LogP contribution in [0.15, 0.2) is 12.3 Å². The van der Waals surface area contributed by atoms with Crippen molar-refractivity contribution in [1.82, 2.24) is 5.23 Å². The third-order valence-corrected chi connectivity index (χ3v) is 0.780. The Morgan fingerprint density at radius 1 is 1.89 bits per heavy atom. The molecule has 1 unspecified atom stereocenters. The second-order valence-corrected chi connectivity index (χ2v) is 3.39. The van der Waals surface area contributed by atoms with Crippen LogP contribution < -0.4 is 0 Å². The summed E-state index contributed by atoms with van der Waals surface area (Å²) in [6.45, 7) is 6.75. The van der Waals surface area contributed by atoms with Gasteiger partial charge in [-0.15, -0.1) is 0 Å². The fraction of sp³-hybridized carbons (Fsp3) is 0.600. The Hall–Kier alpha value is 0.190. The summed E-state index contributed by atoms with van der Waals surface area (Å²) in [6.07, 6.45) is 0. The number of alkyl halides is 1. The lowest BCUT2D eigenvalue weighted by Gasteiger charge is -2.29. The molecule has 0 saturated heterocycles. The van der Waals surface area contributed by atoms with E-state index in [0.717, 1.165) is 0 Å². The van der Waals surface area contributed by atoms with Crippen molar-refractivity contribution in [1.29, 1.82) is 0 Å². The number of hydroxylamine groups is 2. The maximum Gasteiger partial charge on any atom is 0.133 e. The van der Waals surface area contributed by atoms with E-state index in [1.54, 1.807) is 13.8 Å². The lowest BCUT2D eigenvalue weighted by atomic mass is 10.6. The molecule has 0 aliphatic carbocycles. The van der Waals surface area contributed by atoms with Crippen molar-refractivity contribution in [2.45, 2.75) is 18.0 Å². The first-order valence-corrected chi connectivity index (χ1v) is 3.72. The van der Waals surface area contributed by atoms with Crippen molar-refractivity contribution >= 4 is 22.6 Å². The minimum atomic E-state index is -0.114. The summed E-state index contributed by atoms with van der Waals surface area (Å²) in [5, 5.41) is 11.0.